The van der Waals surface area contributed by atoms with E-state index in [1.54, 1.807) is 0 Å². The first-order valence-corrected chi connectivity index (χ1v) is 5.89. The van der Waals surface area contributed by atoms with Crippen molar-refractivity contribution in [3.05, 3.63) is 11.3 Å². The molecule has 0 radical (unpaired) electrons. The summed E-state index contributed by atoms with van der Waals surface area (Å²) in [6.45, 7) is 4.39. The largest absolute Gasteiger partial charge is 0.367 e. The molecule has 1 aromatic rings. The molecule has 0 aliphatic heterocycles. The molecule has 0 atom stereocenters. The van der Waals surface area contributed by atoms with Crippen molar-refractivity contribution in [3.63, 3.8) is 0 Å². The minimum Gasteiger partial charge on any atom is -0.367 e. The lowest BCUT2D eigenvalue weighted by Crippen LogP contribution is -2.15. The van der Waals surface area contributed by atoms with E-state index >= 15 is 0 Å². The van der Waals surface area contributed by atoms with Gasteiger partial charge in [-0.15, -0.1) is 0 Å². The van der Waals surface area contributed by atoms with Gasteiger partial charge in [-0.1, -0.05) is 38.3 Å². The number of hydrogen-bond acceptors (Lipinski definition) is 3. The van der Waals surface area contributed by atoms with Crippen molar-refractivity contribution in [2.24, 2.45) is 11.8 Å². The molecule has 3 heteroatoms. The average molecular weight is 208 g/mol. The van der Waals surface area contributed by atoms with E-state index in [9.17, 15) is 0 Å². The van der Waals surface area contributed by atoms with Crippen molar-refractivity contribution >= 4 is 5.88 Å². The van der Waals surface area contributed by atoms with Crippen LogP contribution in [-0.2, 0) is 12.8 Å². The Labute approximate surface area is 91.0 Å². The van der Waals surface area contributed by atoms with Crippen molar-refractivity contribution in [1.82, 2.24) is 5.16 Å². The van der Waals surface area contributed by atoms with E-state index in [1.807, 2.05) is 0 Å². The monoisotopic (exact) mass is 208 g/mol. The van der Waals surface area contributed by atoms with Gasteiger partial charge in [-0.25, -0.2) is 0 Å². The summed E-state index contributed by atoms with van der Waals surface area (Å²) in [5, 5.41) is 4.09. The van der Waals surface area contributed by atoms with Crippen LogP contribution in [0.3, 0.4) is 0 Å². The highest BCUT2D eigenvalue weighted by molar-refractivity contribution is 5.39. The first kappa shape index (κ1) is 10.5. The van der Waals surface area contributed by atoms with Crippen LogP contribution >= 0.6 is 0 Å². The molecule has 1 fully saturated rings. The summed E-state index contributed by atoms with van der Waals surface area (Å²) >= 11 is 0. The van der Waals surface area contributed by atoms with Crippen LogP contribution in [0.15, 0.2) is 4.52 Å². The minimum absolute atomic E-state index is 0.526. The van der Waals surface area contributed by atoms with E-state index in [-0.39, 0.29) is 0 Å². The predicted octanol–water partition coefficient (Wildman–Crippen LogP) is 2.80. The van der Waals surface area contributed by atoms with E-state index < -0.39 is 0 Å². The topological polar surface area (TPSA) is 52.0 Å². The van der Waals surface area contributed by atoms with Gasteiger partial charge < -0.3 is 10.3 Å². The molecule has 0 amide bonds. The SMILES string of the molecule is CC(C)Cc1c(CC2CCC2)noc1N. The van der Waals surface area contributed by atoms with Crippen molar-refractivity contribution in [2.45, 2.75) is 46.0 Å². The van der Waals surface area contributed by atoms with Crippen LogP contribution < -0.4 is 5.73 Å². The summed E-state index contributed by atoms with van der Waals surface area (Å²) in [6.07, 6.45) is 6.10. The lowest BCUT2D eigenvalue weighted by molar-refractivity contribution is 0.305. The predicted molar refractivity (Wildman–Crippen MR) is 60.5 cm³/mol. The van der Waals surface area contributed by atoms with Gasteiger partial charge in [0.15, 0.2) is 0 Å². The molecule has 1 aliphatic rings. The van der Waals surface area contributed by atoms with Crippen LogP contribution in [0.1, 0.15) is 44.4 Å². The van der Waals surface area contributed by atoms with Gasteiger partial charge in [-0.2, -0.15) is 0 Å². The zero-order valence-electron chi connectivity index (χ0n) is 9.62. The second-order valence-electron chi connectivity index (χ2n) is 5.07. The zero-order valence-corrected chi connectivity index (χ0v) is 9.62. The Hall–Kier alpha value is -0.990. The second kappa shape index (κ2) is 4.25. The van der Waals surface area contributed by atoms with E-state index in [0.29, 0.717) is 11.8 Å². The summed E-state index contributed by atoms with van der Waals surface area (Å²) in [6, 6.07) is 0. The first-order chi connectivity index (χ1) is 7.16. The molecule has 0 bridgehead atoms. The summed E-state index contributed by atoms with van der Waals surface area (Å²) in [4.78, 5) is 0. The summed E-state index contributed by atoms with van der Waals surface area (Å²) in [5.41, 5.74) is 8.05. The van der Waals surface area contributed by atoms with Crippen molar-refractivity contribution in [2.75, 3.05) is 5.73 Å². The zero-order chi connectivity index (χ0) is 10.8. The number of hydrogen-bond donors (Lipinski definition) is 1. The fraction of sp³-hybridized carbons (Fsp3) is 0.750. The third-order valence-electron chi connectivity index (χ3n) is 3.22. The van der Waals surface area contributed by atoms with Gasteiger partial charge >= 0.3 is 0 Å². The minimum atomic E-state index is 0.526. The molecule has 1 heterocycles. The van der Waals surface area contributed by atoms with Crippen LogP contribution in [0.5, 0.6) is 0 Å². The maximum Gasteiger partial charge on any atom is 0.225 e. The molecule has 1 aromatic heterocycles. The molecule has 84 valence electrons. The number of rotatable bonds is 4. The van der Waals surface area contributed by atoms with Crippen molar-refractivity contribution < 1.29 is 4.52 Å². The number of nitrogens with two attached hydrogens (primary N) is 1. The smallest absolute Gasteiger partial charge is 0.225 e. The highest BCUT2D eigenvalue weighted by Gasteiger charge is 2.23. The van der Waals surface area contributed by atoms with Crippen LogP contribution in [-0.4, -0.2) is 5.16 Å². The fourth-order valence-electron chi connectivity index (χ4n) is 2.11. The number of nitrogens with zero attached hydrogens (tertiary/aromatic N) is 1. The maximum atomic E-state index is 5.80. The van der Waals surface area contributed by atoms with Crippen molar-refractivity contribution in [3.8, 4) is 0 Å². The van der Waals surface area contributed by atoms with Crippen LogP contribution in [0.4, 0.5) is 5.88 Å². The normalized spacial score (nSPS) is 17.0. The molecule has 2 rings (SSSR count). The van der Waals surface area contributed by atoms with E-state index in [0.717, 1.165) is 30.0 Å². The highest BCUT2D eigenvalue weighted by Crippen LogP contribution is 2.32. The quantitative estimate of drug-likeness (QED) is 0.827. The lowest BCUT2D eigenvalue weighted by Gasteiger charge is -2.24. The molecule has 0 unspecified atom stereocenters. The van der Waals surface area contributed by atoms with Gasteiger partial charge in [-0.05, 0) is 24.7 Å². The Bertz CT molecular complexity index is 326. The first-order valence-electron chi connectivity index (χ1n) is 5.89. The van der Waals surface area contributed by atoms with Gasteiger partial charge in [0.1, 0.15) is 0 Å². The molecule has 1 saturated carbocycles. The third kappa shape index (κ3) is 2.33. The molecule has 3 nitrogen and oxygen atoms in total. The lowest BCUT2D eigenvalue weighted by atomic mass is 9.81. The molecule has 2 N–H and O–H groups in total. The van der Waals surface area contributed by atoms with Gasteiger partial charge in [0.25, 0.3) is 0 Å². The highest BCUT2D eigenvalue weighted by atomic mass is 16.5. The van der Waals surface area contributed by atoms with Crippen LogP contribution in [0, 0.1) is 11.8 Å². The Balaban J connectivity index is 2.07. The van der Waals surface area contributed by atoms with E-state index in [1.165, 1.54) is 19.3 Å². The third-order valence-corrected chi connectivity index (χ3v) is 3.22. The summed E-state index contributed by atoms with van der Waals surface area (Å²) in [7, 11) is 0. The maximum absolute atomic E-state index is 5.80. The standard InChI is InChI=1S/C12H20N2O/c1-8(2)6-10-11(14-15-12(10)13)7-9-4-3-5-9/h8-9H,3-7,13H2,1-2H3. The van der Waals surface area contributed by atoms with Crippen LogP contribution in [0.25, 0.3) is 0 Å². The molecular formula is C12H20N2O. The Morgan fingerprint density at radius 2 is 2.20 bits per heavy atom. The van der Waals surface area contributed by atoms with Gasteiger partial charge in [-0.3, -0.25) is 0 Å². The Kier molecular flexibility index (Phi) is 2.98. The second-order valence-corrected chi connectivity index (χ2v) is 5.07. The van der Waals surface area contributed by atoms with Crippen LogP contribution in [0.2, 0.25) is 0 Å². The molecule has 0 aromatic carbocycles. The molecule has 0 spiro atoms. The van der Waals surface area contributed by atoms with Gasteiger partial charge in [0, 0.05) is 5.56 Å². The van der Waals surface area contributed by atoms with Crippen molar-refractivity contribution in [1.29, 1.82) is 0 Å². The Morgan fingerprint density at radius 1 is 1.47 bits per heavy atom. The number of nitrogen functional groups attached to an aromatic ring is 1. The fourth-order valence-corrected chi connectivity index (χ4v) is 2.11. The average Bonchev–Trinajstić information content (AvgIpc) is 2.41. The Morgan fingerprint density at radius 3 is 2.73 bits per heavy atom. The van der Waals surface area contributed by atoms with E-state index in [2.05, 4.69) is 19.0 Å². The number of anilines is 1. The molecule has 0 saturated heterocycles. The molecular weight excluding hydrogens is 188 g/mol. The van der Waals surface area contributed by atoms with Gasteiger partial charge in [0.05, 0.1) is 5.69 Å². The number of aromatic nitrogens is 1. The van der Waals surface area contributed by atoms with E-state index in [4.69, 9.17) is 10.3 Å². The van der Waals surface area contributed by atoms with Gasteiger partial charge in [0.2, 0.25) is 5.88 Å². The summed E-state index contributed by atoms with van der Waals surface area (Å²) in [5.74, 6) is 1.95. The molecule has 15 heavy (non-hydrogen) atoms. The summed E-state index contributed by atoms with van der Waals surface area (Å²) < 4.78 is 5.09. The molecule has 1 aliphatic carbocycles.